The summed E-state index contributed by atoms with van der Waals surface area (Å²) >= 11 is 0. The van der Waals surface area contributed by atoms with Gasteiger partial charge in [0.1, 0.15) is 11.5 Å². The summed E-state index contributed by atoms with van der Waals surface area (Å²) in [5, 5.41) is 0. The van der Waals surface area contributed by atoms with Crippen LogP contribution < -0.4 is 9.47 Å². The van der Waals surface area contributed by atoms with Gasteiger partial charge in [0, 0.05) is 12.1 Å². The Morgan fingerprint density at radius 1 is 1.07 bits per heavy atom. The van der Waals surface area contributed by atoms with Gasteiger partial charge < -0.3 is 19.1 Å². The van der Waals surface area contributed by atoms with Crippen LogP contribution in [-0.2, 0) is 9.53 Å². The molecule has 2 aromatic rings. The number of rotatable bonds is 7. The molecule has 1 aliphatic heterocycles. The number of hydrogen-bond donors (Lipinski definition) is 0. The maximum Gasteiger partial charge on any atom is 0.338 e. The Kier molecular flexibility index (Phi) is 6.98. The molecule has 160 valence electrons. The van der Waals surface area contributed by atoms with Crippen LogP contribution in [-0.4, -0.2) is 44.1 Å². The number of carbonyl (C=O) groups excluding carboxylic acids is 2. The first-order chi connectivity index (χ1) is 14.4. The van der Waals surface area contributed by atoms with Crippen molar-refractivity contribution in [2.45, 2.75) is 38.6 Å². The molecule has 6 heteroatoms. The average molecular weight is 411 g/mol. The van der Waals surface area contributed by atoms with Gasteiger partial charge in [-0.15, -0.1) is 0 Å². The zero-order valence-corrected chi connectivity index (χ0v) is 18.0. The summed E-state index contributed by atoms with van der Waals surface area (Å²) < 4.78 is 16.1. The van der Waals surface area contributed by atoms with Crippen LogP contribution in [0.25, 0.3) is 0 Å². The number of esters is 1. The third kappa shape index (κ3) is 4.75. The molecular formula is C24H29NO5. The first-order valence-electron chi connectivity index (χ1n) is 10.2. The molecule has 1 amide bonds. The standard InChI is InChI=1S/C24H29NO5/c1-16(2)17-7-9-18(10-8-17)24(27)30-15-23(26)25-13-5-6-21(25)20-14-19(28-3)11-12-22(20)29-4/h7-12,14,16,21H,5-6,13,15H2,1-4H3/t21-/m1/s1. The van der Waals surface area contributed by atoms with Crippen LogP contribution in [0, 0.1) is 0 Å². The van der Waals surface area contributed by atoms with Gasteiger partial charge in [-0.25, -0.2) is 4.79 Å². The minimum absolute atomic E-state index is 0.133. The van der Waals surface area contributed by atoms with Crippen molar-refractivity contribution in [2.24, 2.45) is 0 Å². The highest BCUT2D eigenvalue weighted by Crippen LogP contribution is 2.38. The van der Waals surface area contributed by atoms with Crippen LogP contribution >= 0.6 is 0 Å². The van der Waals surface area contributed by atoms with Gasteiger partial charge in [0.25, 0.3) is 5.91 Å². The topological polar surface area (TPSA) is 65.1 Å². The largest absolute Gasteiger partial charge is 0.497 e. The minimum Gasteiger partial charge on any atom is -0.497 e. The normalized spacial score (nSPS) is 15.9. The molecule has 1 saturated heterocycles. The molecular weight excluding hydrogens is 382 g/mol. The second-order valence-electron chi connectivity index (χ2n) is 7.71. The first kappa shape index (κ1) is 21.7. The van der Waals surface area contributed by atoms with Crippen LogP contribution in [0.15, 0.2) is 42.5 Å². The highest BCUT2D eigenvalue weighted by molar-refractivity contribution is 5.91. The van der Waals surface area contributed by atoms with Crippen molar-refractivity contribution < 1.29 is 23.8 Å². The van der Waals surface area contributed by atoms with Crippen molar-refractivity contribution in [1.82, 2.24) is 4.90 Å². The molecule has 6 nitrogen and oxygen atoms in total. The molecule has 0 N–H and O–H groups in total. The van der Waals surface area contributed by atoms with Gasteiger partial charge >= 0.3 is 5.97 Å². The smallest absolute Gasteiger partial charge is 0.338 e. The number of amides is 1. The van der Waals surface area contributed by atoms with Crippen LogP contribution in [0.2, 0.25) is 0 Å². The van der Waals surface area contributed by atoms with E-state index in [1.54, 1.807) is 31.3 Å². The SMILES string of the molecule is COc1ccc(OC)c([C@H]2CCCN2C(=O)COC(=O)c2ccc(C(C)C)cc2)c1. The van der Waals surface area contributed by atoms with Gasteiger partial charge in [-0.1, -0.05) is 26.0 Å². The summed E-state index contributed by atoms with van der Waals surface area (Å²) in [6.45, 7) is 4.52. The van der Waals surface area contributed by atoms with Crippen molar-refractivity contribution in [1.29, 1.82) is 0 Å². The van der Waals surface area contributed by atoms with Crippen molar-refractivity contribution in [3.63, 3.8) is 0 Å². The van der Waals surface area contributed by atoms with E-state index in [-0.39, 0.29) is 18.6 Å². The zero-order valence-electron chi connectivity index (χ0n) is 18.0. The third-order valence-electron chi connectivity index (χ3n) is 5.51. The Bertz CT molecular complexity index is 891. The van der Waals surface area contributed by atoms with Crippen LogP contribution in [0.5, 0.6) is 11.5 Å². The number of benzene rings is 2. The van der Waals surface area contributed by atoms with Crippen LogP contribution in [0.1, 0.15) is 60.1 Å². The van der Waals surface area contributed by atoms with Crippen LogP contribution in [0.3, 0.4) is 0 Å². The number of nitrogens with zero attached hydrogens (tertiary/aromatic N) is 1. The molecule has 0 radical (unpaired) electrons. The summed E-state index contributed by atoms with van der Waals surface area (Å²) in [6.07, 6.45) is 1.70. The molecule has 3 rings (SSSR count). The number of methoxy groups -OCH3 is 2. The van der Waals surface area contributed by atoms with Gasteiger partial charge in [0.15, 0.2) is 6.61 Å². The molecule has 1 heterocycles. The molecule has 0 saturated carbocycles. The molecule has 2 aromatic carbocycles. The fourth-order valence-corrected chi connectivity index (χ4v) is 3.79. The Hall–Kier alpha value is -3.02. The summed E-state index contributed by atoms with van der Waals surface area (Å²) in [5.74, 6) is 1.10. The van der Waals surface area contributed by atoms with E-state index >= 15 is 0 Å². The lowest BCUT2D eigenvalue weighted by Gasteiger charge is -2.26. The molecule has 0 spiro atoms. The maximum absolute atomic E-state index is 12.8. The fourth-order valence-electron chi connectivity index (χ4n) is 3.79. The number of likely N-dealkylation sites (tertiary alicyclic amines) is 1. The summed E-state index contributed by atoms with van der Waals surface area (Å²) in [5.41, 5.74) is 2.49. The van der Waals surface area contributed by atoms with E-state index in [9.17, 15) is 9.59 Å². The van der Waals surface area contributed by atoms with E-state index in [0.717, 1.165) is 24.0 Å². The monoisotopic (exact) mass is 411 g/mol. The summed E-state index contributed by atoms with van der Waals surface area (Å²) in [6, 6.07) is 12.7. The predicted octanol–water partition coefficient (Wildman–Crippen LogP) is 4.35. The Balaban J connectivity index is 1.67. The van der Waals surface area contributed by atoms with E-state index in [2.05, 4.69) is 13.8 Å². The van der Waals surface area contributed by atoms with Gasteiger partial charge in [-0.2, -0.15) is 0 Å². The van der Waals surface area contributed by atoms with E-state index in [1.807, 2.05) is 30.3 Å². The molecule has 1 fully saturated rings. The quantitative estimate of drug-likeness (QED) is 0.634. The number of carbonyl (C=O) groups is 2. The molecule has 1 atom stereocenters. The van der Waals surface area contributed by atoms with E-state index in [0.29, 0.717) is 29.5 Å². The lowest BCUT2D eigenvalue weighted by Crippen LogP contribution is -2.34. The molecule has 0 unspecified atom stereocenters. The van der Waals surface area contributed by atoms with Crippen molar-refractivity contribution >= 4 is 11.9 Å². The van der Waals surface area contributed by atoms with E-state index in [1.165, 1.54) is 0 Å². The van der Waals surface area contributed by atoms with Crippen molar-refractivity contribution in [3.05, 3.63) is 59.2 Å². The second-order valence-corrected chi connectivity index (χ2v) is 7.71. The van der Waals surface area contributed by atoms with Gasteiger partial charge in [0.2, 0.25) is 0 Å². The Labute approximate surface area is 177 Å². The maximum atomic E-state index is 12.8. The lowest BCUT2D eigenvalue weighted by atomic mass is 10.0. The molecule has 1 aliphatic rings. The van der Waals surface area contributed by atoms with E-state index < -0.39 is 5.97 Å². The number of ether oxygens (including phenoxy) is 3. The van der Waals surface area contributed by atoms with Crippen molar-refractivity contribution in [2.75, 3.05) is 27.4 Å². The fraction of sp³-hybridized carbons (Fsp3) is 0.417. The van der Waals surface area contributed by atoms with Gasteiger partial charge in [0.05, 0.1) is 25.8 Å². The first-order valence-corrected chi connectivity index (χ1v) is 10.2. The second kappa shape index (κ2) is 9.65. The summed E-state index contributed by atoms with van der Waals surface area (Å²) in [7, 11) is 3.22. The number of hydrogen-bond acceptors (Lipinski definition) is 5. The zero-order chi connectivity index (χ0) is 21.7. The lowest BCUT2D eigenvalue weighted by molar-refractivity contribution is -0.135. The van der Waals surface area contributed by atoms with Gasteiger partial charge in [-0.05, 0) is 54.7 Å². The highest BCUT2D eigenvalue weighted by Gasteiger charge is 2.32. The third-order valence-corrected chi connectivity index (χ3v) is 5.51. The van der Waals surface area contributed by atoms with Crippen LogP contribution in [0.4, 0.5) is 0 Å². The van der Waals surface area contributed by atoms with Gasteiger partial charge in [-0.3, -0.25) is 4.79 Å². The molecule has 0 bridgehead atoms. The molecule has 0 aromatic heterocycles. The Morgan fingerprint density at radius 3 is 2.43 bits per heavy atom. The minimum atomic E-state index is -0.492. The molecule has 0 aliphatic carbocycles. The van der Waals surface area contributed by atoms with E-state index in [4.69, 9.17) is 14.2 Å². The summed E-state index contributed by atoms with van der Waals surface area (Å²) in [4.78, 5) is 26.9. The average Bonchev–Trinajstić information content (AvgIpc) is 3.26. The molecule has 30 heavy (non-hydrogen) atoms. The Morgan fingerprint density at radius 2 is 1.80 bits per heavy atom. The highest BCUT2D eigenvalue weighted by atomic mass is 16.5. The predicted molar refractivity (Wildman–Crippen MR) is 114 cm³/mol. The van der Waals surface area contributed by atoms with Crippen molar-refractivity contribution in [3.8, 4) is 11.5 Å².